The molecule has 1 atom stereocenters. The number of para-hydroxylation sites is 1. The SMILES string of the molecule is COc1cccc([C@H](N)CO)c1OCc1cccc(F)c1. The maximum Gasteiger partial charge on any atom is 0.166 e. The molecular weight excluding hydrogens is 273 g/mol. The van der Waals surface area contributed by atoms with E-state index in [2.05, 4.69) is 0 Å². The number of halogens is 1. The zero-order valence-electron chi connectivity index (χ0n) is 11.8. The molecular formula is C16H18FNO3. The van der Waals surface area contributed by atoms with Crippen LogP contribution in [0.2, 0.25) is 0 Å². The molecule has 0 aliphatic heterocycles. The largest absolute Gasteiger partial charge is 0.493 e. The van der Waals surface area contributed by atoms with Crippen LogP contribution in [-0.2, 0) is 6.61 Å². The fraction of sp³-hybridized carbons (Fsp3) is 0.250. The van der Waals surface area contributed by atoms with E-state index in [4.69, 9.17) is 15.2 Å². The zero-order valence-corrected chi connectivity index (χ0v) is 11.8. The first-order valence-corrected chi connectivity index (χ1v) is 6.56. The minimum Gasteiger partial charge on any atom is -0.493 e. The van der Waals surface area contributed by atoms with Crippen molar-refractivity contribution in [2.45, 2.75) is 12.6 Å². The molecule has 2 aromatic carbocycles. The van der Waals surface area contributed by atoms with E-state index >= 15 is 0 Å². The maximum absolute atomic E-state index is 13.2. The highest BCUT2D eigenvalue weighted by Crippen LogP contribution is 2.34. The van der Waals surface area contributed by atoms with Crippen LogP contribution in [0.1, 0.15) is 17.2 Å². The number of hydrogen-bond acceptors (Lipinski definition) is 4. The van der Waals surface area contributed by atoms with Gasteiger partial charge < -0.3 is 20.3 Å². The van der Waals surface area contributed by atoms with Gasteiger partial charge in [0.2, 0.25) is 0 Å². The number of aliphatic hydroxyl groups is 1. The summed E-state index contributed by atoms with van der Waals surface area (Å²) in [6.45, 7) is -0.0211. The molecule has 0 fully saturated rings. The molecule has 112 valence electrons. The van der Waals surface area contributed by atoms with Crippen molar-refractivity contribution in [1.82, 2.24) is 0 Å². The maximum atomic E-state index is 13.2. The Kier molecular flexibility index (Phi) is 5.14. The quantitative estimate of drug-likeness (QED) is 0.858. The van der Waals surface area contributed by atoms with Gasteiger partial charge in [0.1, 0.15) is 12.4 Å². The van der Waals surface area contributed by atoms with Gasteiger partial charge in [-0.1, -0.05) is 24.3 Å². The molecule has 0 unspecified atom stereocenters. The van der Waals surface area contributed by atoms with Gasteiger partial charge in [0.15, 0.2) is 11.5 Å². The van der Waals surface area contributed by atoms with E-state index in [1.165, 1.54) is 19.2 Å². The van der Waals surface area contributed by atoms with Crippen LogP contribution < -0.4 is 15.2 Å². The monoisotopic (exact) mass is 291 g/mol. The van der Waals surface area contributed by atoms with Crippen LogP contribution in [0.4, 0.5) is 4.39 Å². The lowest BCUT2D eigenvalue weighted by atomic mass is 10.1. The van der Waals surface area contributed by atoms with Gasteiger partial charge in [-0.25, -0.2) is 4.39 Å². The average molecular weight is 291 g/mol. The second-order valence-corrected chi connectivity index (χ2v) is 4.59. The predicted molar refractivity (Wildman–Crippen MR) is 77.7 cm³/mol. The molecule has 0 aliphatic rings. The highest BCUT2D eigenvalue weighted by molar-refractivity contribution is 5.48. The molecule has 4 nitrogen and oxygen atoms in total. The van der Waals surface area contributed by atoms with Crippen LogP contribution >= 0.6 is 0 Å². The lowest BCUT2D eigenvalue weighted by Gasteiger charge is -2.18. The summed E-state index contributed by atoms with van der Waals surface area (Å²) in [5, 5.41) is 9.23. The van der Waals surface area contributed by atoms with Crippen molar-refractivity contribution in [3.05, 3.63) is 59.4 Å². The summed E-state index contributed by atoms with van der Waals surface area (Å²) in [5.74, 6) is 0.669. The van der Waals surface area contributed by atoms with Crippen LogP contribution in [0, 0.1) is 5.82 Å². The van der Waals surface area contributed by atoms with Crippen molar-refractivity contribution < 1.29 is 19.0 Å². The van der Waals surface area contributed by atoms with E-state index in [1.807, 2.05) is 0 Å². The Labute approximate surface area is 122 Å². The molecule has 0 bridgehead atoms. The number of ether oxygens (including phenoxy) is 2. The minimum atomic E-state index is -0.567. The minimum absolute atomic E-state index is 0.184. The van der Waals surface area contributed by atoms with Gasteiger partial charge in [-0.2, -0.15) is 0 Å². The van der Waals surface area contributed by atoms with Gasteiger partial charge in [0.25, 0.3) is 0 Å². The molecule has 21 heavy (non-hydrogen) atoms. The van der Waals surface area contributed by atoms with Gasteiger partial charge >= 0.3 is 0 Å². The number of nitrogens with two attached hydrogens (primary N) is 1. The van der Waals surface area contributed by atoms with Gasteiger partial charge in [0, 0.05) is 5.56 Å². The van der Waals surface area contributed by atoms with Gasteiger partial charge in [-0.3, -0.25) is 0 Å². The first kappa shape index (κ1) is 15.3. The van der Waals surface area contributed by atoms with Crippen LogP contribution in [0.15, 0.2) is 42.5 Å². The molecule has 0 saturated carbocycles. The van der Waals surface area contributed by atoms with E-state index in [-0.39, 0.29) is 19.0 Å². The Balaban J connectivity index is 2.25. The molecule has 3 N–H and O–H groups in total. The predicted octanol–water partition coefficient (Wildman–Crippen LogP) is 2.41. The van der Waals surface area contributed by atoms with Crippen LogP contribution in [-0.4, -0.2) is 18.8 Å². The normalized spacial score (nSPS) is 12.0. The van der Waals surface area contributed by atoms with Gasteiger partial charge in [-0.15, -0.1) is 0 Å². The Morgan fingerprint density at radius 1 is 1.24 bits per heavy atom. The zero-order chi connectivity index (χ0) is 15.2. The molecule has 2 rings (SSSR count). The first-order chi connectivity index (χ1) is 10.2. The topological polar surface area (TPSA) is 64.7 Å². The molecule has 0 aromatic heterocycles. The molecule has 5 heteroatoms. The summed E-state index contributed by atoms with van der Waals surface area (Å²) in [4.78, 5) is 0. The lowest BCUT2D eigenvalue weighted by Crippen LogP contribution is -2.16. The Hall–Kier alpha value is -2.11. The number of aliphatic hydroxyl groups excluding tert-OH is 1. The molecule has 0 aliphatic carbocycles. The Morgan fingerprint density at radius 3 is 2.67 bits per heavy atom. The number of rotatable bonds is 6. The highest BCUT2D eigenvalue weighted by Gasteiger charge is 2.16. The smallest absolute Gasteiger partial charge is 0.166 e. The average Bonchev–Trinajstić information content (AvgIpc) is 2.51. The van der Waals surface area contributed by atoms with E-state index in [1.54, 1.807) is 30.3 Å². The third kappa shape index (κ3) is 3.71. The molecule has 2 aromatic rings. The second-order valence-electron chi connectivity index (χ2n) is 4.59. The third-order valence-corrected chi connectivity index (χ3v) is 3.10. The van der Waals surface area contributed by atoms with Crippen molar-refractivity contribution in [2.75, 3.05) is 13.7 Å². The van der Waals surface area contributed by atoms with E-state index in [0.717, 1.165) is 0 Å². The summed E-state index contributed by atoms with van der Waals surface area (Å²) < 4.78 is 24.2. The van der Waals surface area contributed by atoms with E-state index in [9.17, 15) is 9.50 Å². The van der Waals surface area contributed by atoms with Gasteiger partial charge in [0.05, 0.1) is 19.8 Å². The molecule has 0 saturated heterocycles. The summed E-state index contributed by atoms with van der Waals surface area (Å²) in [7, 11) is 1.53. The molecule has 0 amide bonds. The van der Waals surface area contributed by atoms with Crippen molar-refractivity contribution in [3.63, 3.8) is 0 Å². The molecule has 0 spiro atoms. The third-order valence-electron chi connectivity index (χ3n) is 3.10. The van der Waals surface area contributed by atoms with Crippen molar-refractivity contribution >= 4 is 0 Å². The standard InChI is InChI=1S/C16H18FNO3/c1-20-15-7-3-6-13(14(18)9-19)16(15)21-10-11-4-2-5-12(17)8-11/h2-8,14,19H,9-10,18H2,1H3/t14-/m1/s1. The fourth-order valence-corrected chi connectivity index (χ4v) is 2.02. The Bertz CT molecular complexity index is 604. The van der Waals surface area contributed by atoms with E-state index < -0.39 is 6.04 Å². The summed E-state index contributed by atoms with van der Waals surface area (Å²) >= 11 is 0. The Morgan fingerprint density at radius 2 is 2.00 bits per heavy atom. The summed E-state index contributed by atoms with van der Waals surface area (Å²) in [6.07, 6.45) is 0. The fourth-order valence-electron chi connectivity index (χ4n) is 2.02. The van der Waals surface area contributed by atoms with Crippen molar-refractivity contribution in [3.8, 4) is 11.5 Å². The summed E-state index contributed by atoms with van der Waals surface area (Å²) in [6, 6.07) is 10.9. The number of hydrogen-bond donors (Lipinski definition) is 2. The molecule has 0 radical (unpaired) electrons. The first-order valence-electron chi connectivity index (χ1n) is 6.56. The number of methoxy groups -OCH3 is 1. The van der Waals surface area contributed by atoms with Crippen LogP contribution in [0.3, 0.4) is 0 Å². The number of benzene rings is 2. The van der Waals surface area contributed by atoms with E-state index in [0.29, 0.717) is 22.6 Å². The second kappa shape index (κ2) is 7.06. The van der Waals surface area contributed by atoms with Gasteiger partial charge in [-0.05, 0) is 23.8 Å². The van der Waals surface area contributed by atoms with Crippen molar-refractivity contribution in [1.29, 1.82) is 0 Å². The summed E-state index contributed by atoms with van der Waals surface area (Å²) in [5.41, 5.74) is 7.21. The lowest BCUT2D eigenvalue weighted by molar-refractivity contribution is 0.252. The van der Waals surface area contributed by atoms with Crippen LogP contribution in [0.5, 0.6) is 11.5 Å². The molecule has 0 heterocycles. The highest BCUT2D eigenvalue weighted by atomic mass is 19.1. The van der Waals surface area contributed by atoms with Crippen molar-refractivity contribution in [2.24, 2.45) is 5.73 Å². The van der Waals surface area contributed by atoms with Crippen LogP contribution in [0.25, 0.3) is 0 Å².